The van der Waals surface area contributed by atoms with Crippen LogP contribution in [0.2, 0.25) is 0 Å². The van der Waals surface area contributed by atoms with Gasteiger partial charge < -0.3 is 4.57 Å². The Morgan fingerprint density at radius 1 is 1.11 bits per heavy atom. The van der Waals surface area contributed by atoms with Gasteiger partial charge in [0.15, 0.2) is 0 Å². The van der Waals surface area contributed by atoms with Crippen molar-refractivity contribution in [2.45, 2.75) is 53.0 Å². The maximum atomic E-state index is 12.3. The van der Waals surface area contributed by atoms with E-state index in [9.17, 15) is 4.79 Å². The number of benzene rings is 2. The van der Waals surface area contributed by atoms with Crippen molar-refractivity contribution in [1.29, 1.82) is 0 Å². The van der Waals surface area contributed by atoms with Gasteiger partial charge in [-0.25, -0.2) is 5.43 Å². The number of para-hydroxylation sites is 1. The number of hydrazone groups is 1. The van der Waals surface area contributed by atoms with E-state index in [0.29, 0.717) is 6.42 Å². The van der Waals surface area contributed by atoms with Gasteiger partial charge in [0.25, 0.3) is 0 Å². The zero-order valence-electron chi connectivity index (χ0n) is 17.4. The molecule has 0 spiro atoms. The number of nitrogens with zero attached hydrogens (tertiary/aromatic N) is 2. The second kappa shape index (κ2) is 8.01. The van der Waals surface area contributed by atoms with Crippen LogP contribution in [0.1, 0.15) is 50.1 Å². The summed E-state index contributed by atoms with van der Waals surface area (Å²) in [7, 11) is 0. The van der Waals surface area contributed by atoms with Crippen molar-refractivity contribution < 1.29 is 4.79 Å². The minimum Gasteiger partial charge on any atom is -0.344 e. The molecule has 4 heteroatoms. The minimum absolute atomic E-state index is 0.112. The molecular formula is C24H29N3O. The predicted octanol–water partition coefficient (Wildman–Crippen LogP) is 4.96. The summed E-state index contributed by atoms with van der Waals surface area (Å²) in [5.74, 6) is -0.114. The number of fused-ring (bicyclic) bond motifs is 1. The SMILES string of the molecule is CCn1c(C)c(/C=N\NC(=O)Cc2ccc(C(C)(C)C)cc2)c2ccccc21. The first-order valence-electron chi connectivity index (χ1n) is 9.80. The zero-order valence-corrected chi connectivity index (χ0v) is 17.4. The molecule has 1 N–H and O–H groups in total. The monoisotopic (exact) mass is 375 g/mol. The summed E-state index contributed by atoms with van der Waals surface area (Å²) in [5, 5.41) is 5.37. The first kappa shape index (κ1) is 19.9. The van der Waals surface area contributed by atoms with E-state index in [2.05, 4.69) is 74.0 Å². The molecule has 146 valence electrons. The molecule has 0 unspecified atom stereocenters. The molecule has 0 aliphatic carbocycles. The van der Waals surface area contributed by atoms with Crippen LogP contribution in [0.3, 0.4) is 0 Å². The van der Waals surface area contributed by atoms with Crippen molar-refractivity contribution in [3.05, 3.63) is 70.9 Å². The quantitative estimate of drug-likeness (QED) is 0.497. The lowest BCUT2D eigenvalue weighted by Crippen LogP contribution is -2.20. The molecule has 0 atom stereocenters. The molecule has 3 rings (SSSR count). The largest absolute Gasteiger partial charge is 0.344 e. The highest BCUT2D eigenvalue weighted by Crippen LogP contribution is 2.24. The Balaban J connectivity index is 1.69. The maximum absolute atomic E-state index is 12.3. The lowest BCUT2D eigenvalue weighted by Gasteiger charge is -2.19. The number of aryl methyl sites for hydroxylation is 1. The van der Waals surface area contributed by atoms with Gasteiger partial charge in [0.05, 0.1) is 12.6 Å². The average Bonchev–Trinajstić information content (AvgIpc) is 2.92. The third kappa shape index (κ3) is 4.16. The van der Waals surface area contributed by atoms with E-state index in [1.165, 1.54) is 11.1 Å². The van der Waals surface area contributed by atoms with E-state index in [1.54, 1.807) is 6.21 Å². The Bertz CT molecular complexity index is 1000. The summed E-state index contributed by atoms with van der Waals surface area (Å²) in [5.41, 5.74) is 8.41. The second-order valence-electron chi connectivity index (χ2n) is 8.18. The van der Waals surface area contributed by atoms with E-state index in [4.69, 9.17) is 0 Å². The number of carbonyl (C=O) groups is 1. The Hall–Kier alpha value is -2.88. The molecule has 0 radical (unpaired) electrons. The van der Waals surface area contributed by atoms with Gasteiger partial charge >= 0.3 is 0 Å². The summed E-state index contributed by atoms with van der Waals surface area (Å²) in [6, 6.07) is 16.5. The summed E-state index contributed by atoms with van der Waals surface area (Å²) in [6.45, 7) is 11.7. The summed E-state index contributed by atoms with van der Waals surface area (Å²) in [6.07, 6.45) is 2.07. The number of hydrogen-bond acceptors (Lipinski definition) is 2. The molecule has 1 heterocycles. The Kier molecular flexibility index (Phi) is 5.68. The van der Waals surface area contributed by atoms with Crippen LogP contribution in [0, 0.1) is 6.92 Å². The normalized spacial score (nSPS) is 12.0. The smallest absolute Gasteiger partial charge is 0.244 e. The standard InChI is InChI=1S/C24H29N3O/c1-6-27-17(2)21(20-9-7-8-10-22(20)27)16-25-26-23(28)15-18-11-13-19(14-12-18)24(3,4)5/h7-14,16H,6,15H2,1-5H3,(H,26,28)/b25-16-. The van der Waals surface area contributed by atoms with Crippen molar-refractivity contribution in [3.63, 3.8) is 0 Å². The van der Waals surface area contributed by atoms with Gasteiger partial charge in [0, 0.05) is 28.7 Å². The molecule has 4 nitrogen and oxygen atoms in total. The van der Waals surface area contributed by atoms with Gasteiger partial charge in [-0.3, -0.25) is 4.79 Å². The topological polar surface area (TPSA) is 46.4 Å². The van der Waals surface area contributed by atoms with Crippen molar-refractivity contribution in [2.75, 3.05) is 0 Å². The molecule has 1 aromatic heterocycles. The Morgan fingerprint density at radius 2 is 1.79 bits per heavy atom. The average molecular weight is 376 g/mol. The number of amides is 1. The van der Waals surface area contributed by atoms with Crippen LogP contribution < -0.4 is 5.43 Å². The number of carbonyl (C=O) groups excluding carboxylic acids is 1. The van der Waals surface area contributed by atoms with Crippen molar-refractivity contribution in [2.24, 2.45) is 5.10 Å². The number of aromatic nitrogens is 1. The van der Waals surface area contributed by atoms with Crippen molar-refractivity contribution in [1.82, 2.24) is 9.99 Å². The molecule has 0 saturated heterocycles. The van der Waals surface area contributed by atoms with Gasteiger partial charge in [-0.1, -0.05) is 63.2 Å². The van der Waals surface area contributed by atoms with E-state index >= 15 is 0 Å². The van der Waals surface area contributed by atoms with Crippen molar-refractivity contribution in [3.8, 4) is 0 Å². The highest BCUT2D eigenvalue weighted by Gasteiger charge is 2.14. The fourth-order valence-electron chi connectivity index (χ4n) is 3.54. The first-order chi connectivity index (χ1) is 13.3. The van der Waals surface area contributed by atoms with Gasteiger partial charge in [-0.05, 0) is 36.5 Å². The summed E-state index contributed by atoms with van der Waals surface area (Å²) < 4.78 is 2.26. The predicted molar refractivity (Wildman–Crippen MR) is 117 cm³/mol. The van der Waals surface area contributed by atoms with Crippen LogP contribution in [-0.4, -0.2) is 16.7 Å². The molecular weight excluding hydrogens is 346 g/mol. The third-order valence-electron chi connectivity index (χ3n) is 5.16. The lowest BCUT2D eigenvalue weighted by atomic mass is 9.86. The lowest BCUT2D eigenvalue weighted by molar-refractivity contribution is -0.120. The summed E-state index contributed by atoms with van der Waals surface area (Å²) >= 11 is 0. The second-order valence-corrected chi connectivity index (χ2v) is 8.18. The maximum Gasteiger partial charge on any atom is 0.244 e. The summed E-state index contributed by atoms with van der Waals surface area (Å²) in [4.78, 5) is 12.3. The highest BCUT2D eigenvalue weighted by molar-refractivity contribution is 6.01. The fourth-order valence-corrected chi connectivity index (χ4v) is 3.54. The van der Waals surface area contributed by atoms with Gasteiger partial charge in [0.1, 0.15) is 0 Å². The molecule has 0 bridgehead atoms. The van der Waals surface area contributed by atoms with Crippen molar-refractivity contribution >= 4 is 23.0 Å². The van der Waals surface area contributed by atoms with Crippen LogP contribution >= 0.6 is 0 Å². The van der Waals surface area contributed by atoms with E-state index in [0.717, 1.165) is 28.8 Å². The zero-order chi connectivity index (χ0) is 20.3. The minimum atomic E-state index is -0.114. The van der Waals surface area contributed by atoms with Crippen LogP contribution in [0.25, 0.3) is 10.9 Å². The van der Waals surface area contributed by atoms with Crippen LogP contribution in [0.15, 0.2) is 53.6 Å². The molecule has 1 amide bonds. The molecule has 0 aliphatic rings. The fraction of sp³-hybridized carbons (Fsp3) is 0.333. The first-order valence-corrected chi connectivity index (χ1v) is 9.80. The Morgan fingerprint density at radius 3 is 2.43 bits per heavy atom. The Labute approximate surface area is 167 Å². The number of hydrogen-bond donors (Lipinski definition) is 1. The van der Waals surface area contributed by atoms with Gasteiger partial charge in [-0.2, -0.15) is 5.10 Å². The molecule has 0 saturated carbocycles. The van der Waals surface area contributed by atoms with Crippen LogP contribution in [-0.2, 0) is 23.2 Å². The van der Waals surface area contributed by atoms with E-state index < -0.39 is 0 Å². The molecule has 0 aliphatic heterocycles. The van der Waals surface area contributed by atoms with E-state index in [1.807, 2.05) is 24.3 Å². The third-order valence-corrected chi connectivity index (χ3v) is 5.16. The van der Waals surface area contributed by atoms with Gasteiger partial charge in [-0.15, -0.1) is 0 Å². The molecule has 2 aromatic carbocycles. The van der Waals surface area contributed by atoms with Crippen LogP contribution in [0.4, 0.5) is 0 Å². The highest BCUT2D eigenvalue weighted by atomic mass is 16.2. The number of rotatable bonds is 5. The van der Waals surface area contributed by atoms with Crippen LogP contribution in [0.5, 0.6) is 0 Å². The molecule has 28 heavy (non-hydrogen) atoms. The molecule has 0 fully saturated rings. The molecule has 3 aromatic rings. The number of nitrogens with one attached hydrogen (secondary N) is 1. The van der Waals surface area contributed by atoms with E-state index in [-0.39, 0.29) is 11.3 Å². The van der Waals surface area contributed by atoms with Gasteiger partial charge in [0.2, 0.25) is 5.91 Å².